The van der Waals surface area contributed by atoms with Crippen LogP contribution in [0.15, 0.2) is 59.5 Å². The summed E-state index contributed by atoms with van der Waals surface area (Å²) in [6.07, 6.45) is 2.09. The van der Waals surface area contributed by atoms with Gasteiger partial charge < -0.3 is 5.32 Å². The topological polar surface area (TPSA) is 66.5 Å². The van der Waals surface area contributed by atoms with Crippen LogP contribution >= 0.6 is 0 Å². The van der Waals surface area contributed by atoms with Gasteiger partial charge in [-0.2, -0.15) is 4.31 Å². The molecule has 0 radical (unpaired) electrons. The second-order valence-electron chi connectivity index (χ2n) is 7.61. The molecule has 3 rings (SSSR count). The number of carbonyl (C=O) groups is 1. The van der Waals surface area contributed by atoms with Gasteiger partial charge in [0.2, 0.25) is 15.9 Å². The van der Waals surface area contributed by atoms with Crippen molar-refractivity contribution in [2.24, 2.45) is 0 Å². The second kappa shape index (κ2) is 7.82. The summed E-state index contributed by atoms with van der Waals surface area (Å²) in [5.74, 6) is -0.139. The van der Waals surface area contributed by atoms with Crippen LogP contribution in [-0.4, -0.2) is 31.7 Å². The summed E-state index contributed by atoms with van der Waals surface area (Å²) < 4.78 is 26.9. The summed E-state index contributed by atoms with van der Waals surface area (Å²) in [5.41, 5.74) is 1.28. The minimum Gasteiger partial charge on any atom is -0.326 e. The number of anilines is 1. The van der Waals surface area contributed by atoms with Crippen molar-refractivity contribution in [1.29, 1.82) is 0 Å². The molecule has 1 heterocycles. The third kappa shape index (κ3) is 4.57. The van der Waals surface area contributed by atoms with Gasteiger partial charge in [0.1, 0.15) is 0 Å². The quantitative estimate of drug-likeness (QED) is 0.822. The fourth-order valence-corrected chi connectivity index (χ4v) is 4.97. The van der Waals surface area contributed by atoms with Crippen molar-refractivity contribution in [3.8, 4) is 0 Å². The van der Waals surface area contributed by atoms with E-state index in [0.29, 0.717) is 25.2 Å². The van der Waals surface area contributed by atoms with Crippen LogP contribution in [-0.2, 0) is 20.2 Å². The van der Waals surface area contributed by atoms with E-state index in [2.05, 4.69) is 5.32 Å². The second-order valence-corrected chi connectivity index (χ2v) is 9.55. The maximum absolute atomic E-state index is 12.7. The van der Waals surface area contributed by atoms with E-state index in [4.69, 9.17) is 0 Å². The first-order valence-corrected chi connectivity index (χ1v) is 10.7. The molecule has 1 N–H and O–H groups in total. The van der Waals surface area contributed by atoms with Crippen LogP contribution in [0.1, 0.15) is 38.7 Å². The van der Waals surface area contributed by atoms with Crippen LogP contribution in [0.5, 0.6) is 0 Å². The largest absolute Gasteiger partial charge is 0.326 e. The zero-order chi connectivity index (χ0) is 19.5. The highest BCUT2D eigenvalue weighted by Gasteiger charge is 2.28. The summed E-state index contributed by atoms with van der Waals surface area (Å²) in [6.45, 7) is 5.17. The van der Waals surface area contributed by atoms with Crippen LogP contribution in [0.3, 0.4) is 0 Å². The zero-order valence-corrected chi connectivity index (χ0v) is 16.6. The van der Waals surface area contributed by atoms with Crippen molar-refractivity contribution in [3.63, 3.8) is 0 Å². The van der Waals surface area contributed by atoms with E-state index in [-0.39, 0.29) is 16.2 Å². The number of sulfonamides is 1. The SMILES string of the molecule is CC(C)(CC(=O)Nc1cccc(S(=O)(=O)N2CCCC2)c1)c1ccccc1. The molecule has 1 aliphatic rings. The average molecular weight is 387 g/mol. The molecule has 1 amide bonds. The molecular formula is C21H26N2O3S. The van der Waals surface area contributed by atoms with E-state index in [1.54, 1.807) is 24.3 Å². The monoisotopic (exact) mass is 386 g/mol. The highest BCUT2D eigenvalue weighted by atomic mass is 32.2. The standard InChI is InChI=1S/C21H26N2O3S/c1-21(2,17-9-4-3-5-10-17)16-20(24)22-18-11-8-12-19(15-18)27(25,26)23-13-6-7-14-23/h3-5,8-12,15H,6-7,13-14,16H2,1-2H3,(H,22,24). The fraction of sp³-hybridized carbons (Fsp3) is 0.381. The van der Waals surface area contributed by atoms with E-state index >= 15 is 0 Å². The Balaban J connectivity index is 1.72. The molecule has 5 nitrogen and oxygen atoms in total. The molecule has 1 aliphatic heterocycles. The molecule has 0 unspecified atom stereocenters. The van der Waals surface area contributed by atoms with Gasteiger partial charge in [-0.05, 0) is 42.0 Å². The molecule has 0 bridgehead atoms. The first-order chi connectivity index (χ1) is 12.8. The number of nitrogens with one attached hydrogen (secondary N) is 1. The van der Waals surface area contributed by atoms with Crippen molar-refractivity contribution >= 4 is 21.6 Å². The first kappa shape index (κ1) is 19.6. The van der Waals surface area contributed by atoms with Gasteiger partial charge >= 0.3 is 0 Å². The molecule has 1 fully saturated rings. The number of nitrogens with zero attached hydrogens (tertiary/aromatic N) is 1. The molecule has 144 valence electrons. The summed E-state index contributed by atoms with van der Waals surface area (Å²) in [6, 6.07) is 16.4. The maximum atomic E-state index is 12.7. The molecule has 0 saturated carbocycles. The minimum absolute atomic E-state index is 0.139. The highest BCUT2D eigenvalue weighted by molar-refractivity contribution is 7.89. The van der Waals surface area contributed by atoms with E-state index in [9.17, 15) is 13.2 Å². The number of hydrogen-bond donors (Lipinski definition) is 1. The van der Waals surface area contributed by atoms with E-state index in [1.165, 1.54) is 4.31 Å². The van der Waals surface area contributed by atoms with Gasteiger partial charge in [0, 0.05) is 25.2 Å². The van der Waals surface area contributed by atoms with Gasteiger partial charge in [-0.1, -0.05) is 50.2 Å². The number of carbonyl (C=O) groups excluding carboxylic acids is 1. The molecule has 0 spiro atoms. The van der Waals surface area contributed by atoms with Gasteiger partial charge in [-0.25, -0.2) is 8.42 Å². The molecule has 6 heteroatoms. The zero-order valence-electron chi connectivity index (χ0n) is 15.8. The molecule has 0 atom stereocenters. The number of amides is 1. The normalized spacial score (nSPS) is 15.6. The Morgan fingerprint density at radius 1 is 1.04 bits per heavy atom. The lowest BCUT2D eigenvalue weighted by Gasteiger charge is -2.24. The summed E-state index contributed by atoms with van der Waals surface area (Å²) in [5, 5.41) is 2.85. The van der Waals surface area contributed by atoms with E-state index in [0.717, 1.165) is 18.4 Å². The first-order valence-electron chi connectivity index (χ1n) is 9.25. The Kier molecular flexibility index (Phi) is 5.67. The molecular weight excluding hydrogens is 360 g/mol. The number of benzene rings is 2. The van der Waals surface area contributed by atoms with Gasteiger partial charge in [-0.3, -0.25) is 4.79 Å². The third-order valence-corrected chi connectivity index (χ3v) is 6.87. The molecule has 0 aliphatic carbocycles. The Hall–Kier alpha value is -2.18. The lowest BCUT2D eigenvalue weighted by Crippen LogP contribution is -2.28. The van der Waals surface area contributed by atoms with Gasteiger partial charge in [0.25, 0.3) is 0 Å². The smallest absolute Gasteiger partial charge is 0.243 e. The van der Waals surface area contributed by atoms with E-state index < -0.39 is 10.0 Å². The van der Waals surface area contributed by atoms with Crippen LogP contribution in [0, 0.1) is 0 Å². The molecule has 2 aromatic rings. The summed E-state index contributed by atoms with van der Waals surface area (Å²) >= 11 is 0. The Labute approximate surface area is 161 Å². The summed E-state index contributed by atoms with van der Waals surface area (Å²) in [7, 11) is -3.49. The third-order valence-electron chi connectivity index (χ3n) is 4.98. The van der Waals surface area contributed by atoms with Crippen molar-refractivity contribution in [2.45, 2.75) is 43.4 Å². The Bertz CT molecular complexity index is 902. The molecule has 2 aromatic carbocycles. The summed E-state index contributed by atoms with van der Waals surface area (Å²) in [4.78, 5) is 12.8. The molecule has 1 saturated heterocycles. The lowest BCUT2D eigenvalue weighted by molar-refractivity contribution is -0.117. The van der Waals surface area contributed by atoms with Crippen LogP contribution in [0.4, 0.5) is 5.69 Å². The maximum Gasteiger partial charge on any atom is 0.243 e. The van der Waals surface area contributed by atoms with Crippen molar-refractivity contribution in [3.05, 3.63) is 60.2 Å². The van der Waals surface area contributed by atoms with Crippen molar-refractivity contribution < 1.29 is 13.2 Å². The Morgan fingerprint density at radius 2 is 1.70 bits per heavy atom. The number of hydrogen-bond acceptors (Lipinski definition) is 3. The van der Waals surface area contributed by atoms with Gasteiger partial charge in [0.15, 0.2) is 0 Å². The fourth-order valence-electron chi connectivity index (χ4n) is 3.41. The van der Waals surface area contributed by atoms with Crippen LogP contribution < -0.4 is 5.32 Å². The Morgan fingerprint density at radius 3 is 2.37 bits per heavy atom. The number of rotatable bonds is 6. The van der Waals surface area contributed by atoms with Crippen LogP contribution in [0.2, 0.25) is 0 Å². The van der Waals surface area contributed by atoms with Gasteiger partial charge in [-0.15, -0.1) is 0 Å². The van der Waals surface area contributed by atoms with Crippen LogP contribution in [0.25, 0.3) is 0 Å². The van der Waals surface area contributed by atoms with Crippen molar-refractivity contribution in [1.82, 2.24) is 4.31 Å². The minimum atomic E-state index is -3.49. The van der Waals surface area contributed by atoms with E-state index in [1.807, 2.05) is 44.2 Å². The van der Waals surface area contributed by atoms with Crippen molar-refractivity contribution in [2.75, 3.05) is 18.4 Å². The molecule has 0 aromatic heterocycles. The highest BCUT2D eigenvalue weighted by Crippen LogP contribution is 2.28. The predicted molar refractivity (Wildman–Crippen MR) is 107 cm³/mol. The average Bonchev–Trinajstić information content (AvgIpc) is 3.18. The molecule has 27 heavy (non-hydrogen) atoms. The lowest BCUT2D eigenvalue weighted by atomic mass is 9.81. The van der Waals surface area contributed by atoms with Gasteiger partial charge in [0.05, 0.1) is 4.90 Å². The predicted octanol–water partition coefficient (Wildman–Crippen LogP) is 3.78.